The Morgan fingerprint density at radius 2 is 1.69 bits per heavy atom. The summed E-state index contributed by atoms with van der Waals surface area (Å²) in [5, 5.41) is 2.83. The number of ether oxygens (including phenoxy) is 2. The van der Waals surface area contributed by atoms with Gasteiger partial charge in [0, 0.05) is 32.1 Å². The van der Waals surface area contributed by atoms with Crippen LogP contribution in [0.2, 0.25) is 0 Å². The summed E-state index contributed by atoms with van der Waals surface area (Å²) in [5.74, 6) is 0.505. The van der Waals surface area contributed by atoms with Gasteiger partial charge in [-0.2, -0.15) is 0 Å². The second-order valence-electron chi connectivity index (χ2n) is 5.82. The highest BCUT2D eigenvalue weighted by Gasteiger charge is 2.13. The normalized spacial score (nSPS) is 11.6. The molecule has 138 valence electrons. The van der Waals surface area contributed by atoms with Crippen molar-refractivity contribution >= 4 is 11.7 Å². The maximum atomic E-state index is 12.2. The monoisotopic (exact) mass is 355 g/mol. The lowest BCUT2D eigenvalue weighted by Crippen LogP contribution is -2.29. The Labute approximate surface area is 154 Å². The van der Waals surface area contributed by atoms with Crippen LogP contribution in [0.3, 0.4) is 0 Å². The first-order valence-electron chi connectivity index (χ1n) is 8.74. The lowest BCUT2D eigenvalue weighted by atomic mass is 10.1. The zero-order valence-corrected chi connectivity index (χ0v) is 15.2. The minimum Gasteiger partial charge on any atom is -0.494 e. The van der Waals surface area contributed by atoms with Gasteiger partial charge in [-0.1, -0.05) is 30.3 Å². The third-order valence-corrected chi connectivity index (χ3v) is 4.01. The number of hydrogen-bond donors (Lipinski definition) is 1. The minimum atomic E-state index is -0.207. The molecule has 1 atom stereocenters. The fraction of sp³-hybridized carbons (Fsp3) is 0.333. The van der Waals surface area contributed by atoms with Gasteiger partial charge in [0.25, 0.3) is 0 Å². The maximum Gasteiger partial charge on any atom is 0.220 e. The quantitative estimate of drug-likeness (QED) is 0.662. The van der Waals surface area contributed by atoms with E-state index in [0.717, 1.165) is 11.3 Å². The van der Waals surface area contributed by atoms with Crippen molar-refractivity contribution in [3.8, 4) is 5.75 Å². The van der Waals surface area contributed by atoms with Gasteiger partial charge in [0.2, 0.25) is 5.91 Å². The molecule has 0 aliphatic heterocycles. The first-order chi connectivity index (χ1) is 12.6. The predicted molar refractivity (Wildman–Crippen MR) is 100 cm³/mol. The number of methoxy groups -OCH3 is 1. The molecule has 5 heteroatoms. The molecule has 0 bridgehead atoms. The highest BCUT2D eigenvalue weighted by atomic mass is 16.5. The molecule has 1 unspecified atom stereocenters. The van der Waals surface area contributed by atoms with Gasteiger partial charge in [-0.15, -0.1) is 0 Å². The van der Waals surface area contributed by atoms with E-state index in [4.69, 9.17) is 9.47 Å². The highest BCUT2D eigenvalue weighted by molar-refractivity contribution is 5.98. The third kappa shape index (κ3) is 6.01. The number of carbonyl (C=O) groups excluding carboxylic acids is 2. The number of amides is 1. The number of nitrogens with one attached hydrogen (secondary N) is 1. The van der Waals surface area contributed by atoms with Gasteiger partial charge < -0.3 is 14.8 Å². The lowest BCUT2D eigenvalue weighted by molar-refractivity contribution is -0.121. The van der Waals surface area contributed by atoms with E-state index < -0.39 is 0 Å². The van der Waals surface area contributed by atoms with Crippen LogP contribution in [0.4, 0.5) is 0 Å². The second kappa shape index (κ2) is 10.4. The molecule has 0 saturated heterocycles. The van der Waals surface area contributed by atoms with Crippen LogP contribution in [0.5, 0.6) is 5.75 Å². The number of carbonyl (C=O) groups is 2. The third-order valence-electron chi connectivity index (χ3n) is 4.01. The molecule has 5 nitrogen and oxygen atoms in total. The Bertz CT molecular complexity index is 698. The summed E-state index contributed by atoms with van der Waals surface area (Å²) in [4.78, 5) is 24.2. The Hall–Kier alpha value is -2.66. The molecule has 0 aliphatic rings. The van der Waals surface area contributed by atoms with Gasteiger partial charge in [-0.3, -0.25) is 9.59 Å². The van der Waals surface area contributed by atoms with Crippen LogP contribution in [0.25, 0.3) is 0 Å². The molecule has 26 heavy (non-hydrogen) atoms. The van der Waals surface area contributed by atoms with Gasteiger partial charge in [0.15, 0.2) is 5.78 Å². The largest absolute Gasteiger partial charge is 0.494 e. The molecule has 0 heterocycles. The van der Waals surface area contributed by atoms with Gasteiger partial charge in [-0.05, 0) is 36.8 Å². The molecule has 0 spiro atoms. The Balaban J connectivity index is 1.78. The Kier molecular flexibility index (Phi) is 7.83. The number of rotatable bonds is 10. The molecule has 0 saturated carbocycles. The van der Waals surface area contributed by atoms with Crippen LogP contribution >= 0.6 is 0 Å². The highest BCUT2D eigenvalue weighted by Crippen LogP contribution is 2.16. The molecule has 0 aromatic heterocycles. The SMILES string of the molecule is CCOc1ccc(C(=O)CCC(=O)NCC(OC)c2ccccc2)cc1. The summed E-state index contributed by atoms with van der Waals surface area (Å²) < 4.78 is 10.8. The van der Waals surface area contributed by atoms with Crippen molar-refractivity contribution in [2.75, 3.05) is 20.3 Å². The molecular formula is C21H25NO4. The van der Waals surface area contributed by atoms with Crippen molar-refractivity contribution in [3.05, 3.63) is 65.7 Å². The van der Waals surface area contributed by atoms with E-state index in [1.165, 1.54) is 0 Å². The van der Waals surface area contributed by atoms with E-state index in [1.54, 1.807) is 31.4 Å². The first kappa shape index (κ1) is 19.7. The molecule has 0 fully saturated rings. The van der Waals surface area contributed by atoms with Crippen molar-refractivity contribution in [1.82, 2.24) is 5.32 Å². The molecule has 1 N–H and O–H groups in total. The summed E-state index contributed by atoms with van der Waals surface area (Å²) in [5.41, 5.74) is 1.58. The summed E-state index contributed by atoms with van der Waals surface area (Å²) >= 11 is 0. The van der Waals surface area contributed by atoms with Crippen LogP contribution in [0.15, 0.2) is 54.6 Å². The van der Waals surface area contributed by atoms with Gasteiger partial charge in [0.1, 0.15) is 5.75 Å². The number of benzene rings is 2. The van der Waals surface area contributed by atoms with Gasteiger partial charge in [0.05, 0.1) is 12.7 Å². The average molecular weight is 355 g/mol. The summed E-state index contributed by atoms with van der Waals surface area (Å²) in [7, 11) is 1.61. The van der Waals surface area contributed by atoms with Crippen molar-refractivity contribution in [1.29, 1.82) is 0 Å². The van der Waals surface area contributed by atoms with Crippen molar-refractivity contribution in [2.24, 2.45) is 0 Å². The second-order valence-corrected chi connectivity index (χ2v) is 5.82. The first-order valence-corrected chi connectivity index (χ1v) is 8.74. The molecule has 2 aromatic rings. The number of Topliss-reactive ketones (excluding diaryl/α,β-unsaturated/α-hetero) is 1. The molecule has 0 radical (unpaired) electrons. The van der Waals surface area contributed by atoms with Crippen molar-refractivity contribution in [3.63, 3.8) is 0 Å². The fourth-order valence-corrected chi connectivity index (χ4v) is 2.57. The van der Waals surface area contributed by atoms with Crippen LogP contribution in [-0.2, 0) is 9.53 Å². The van der Waals surface area contributed by atoms with E-state index >= 15 is 0 Å². The van der Waals surface area contributed by atoms with Crippen LogP contribution in [0, 0.1) is 0 Å². The van der Waals surface area contributed by atoms with Crippen LogP contribution < -0.4 is 10.1 Å². The van der Waals surface area contributed by atoms with Crippen molar-refractivity contribution in [2.45, 2.75) is 25.9 Å². The molecule has 2 rings (SSSR count). The smallest absolute Gasteiger partial charge is 0.220 e. The zero-order chi connectivity index (χ0) is 18.8. The summed E-state index contributed by atoms with van der Waals surface area (Å²) in [6.07, 6.45) is 0.113. The van der Waals surface area contributed by atoms with E-state index in [0.29, 0.717) is 18.7 Å². The van der Waals surface area contributed by atoms with E-state index in [2.05, 4.69) is 5.32 Å². The Morgan fingerprint density at radius 1 is 1.00 bits per heavy atom. The average Bonchev–Trinajstić information content (AvgIpc) is 2.68. The van der Waals surface area contributed by atoms with Crippen molar-refractivity contribution < 1.29 is 19.1 Å². The fourth-order valence-electron chi connectivity index (χ4n) is 2.57. The van der Waals surface area contributed by atoms with Gasteiger partial charge in [-0.25, -0.2) is 0 Å². The number of hydrogen-bond acceptors (Lipinski definition) is 4. The van der Waals surface area contributed by atoms with Crippen LogP contribution in [-0.4, -0.2) is 32.0 Å². The van der Waals surface area contributed by atoms with E-state index in [9.17, 15) is 9.59 Å². The predicted octanol–water partition coefficient (Wildman–Crippen LogP) is 3.55. The molecule has 2 aromatic carbocycles. The van der Waals surface area contributed by atoms with E-state index in [-0.39, 0.29) is 30.6 Å². The maximum absolute atomic E-state index is 12.2. The lowest BCUT2D eigenvalue weighted by Gasteiger charge is -2.16. The zero-order valence-electron chi connectivity index (χ0n) is 15.2. The van der Waals surface area contributed by atoms with E-state index in [1.807, 2.05) is 37.3 Å². The van der Waals surface area contributed by atoms with Gasteiger partial charge >= 0.3 is 0 Å². The molecular weight excluding hydrogens is 330 g/mol. The van der Waals surface area contributed by atoms with Crippen LogP contribution in [0.1, 0.15) is 41.8 Å². The summed E-state index contributed by atoms with van der Waals surface area (Å²) in [6.45, 7) is 2.86. The molecule has 1 amide bonds. The topological polar surface area (TPSA) is 64.6 Å². The molecule has 0 aliphatic carbocycles. The number of ketones is 1. The standard InChI is InChI=1S/C21H25NO4/c1-3-26-18-11-9-16(10-12-18)19(23)13-14-21(24)22-15-20(25-2)17-7-5-4-6-8-17/h4-12,20H,3,13-15H2,1-2H3,(H,22,24). The minimum absolute atomic E-state index is 0.0606. The summed E-state index contributed by atoms with van der Waals surface area (Å²) in [6, 6.07) is 16.7. The Morgan fingerprint density at radius 3 is 2.31 bits per heavy atom.